The first-order chi connectivity index (χ1) is 15.6. The highest BCUT2D eigenvalue weighted by molar-refractivity contribution is 5.32. The molecule has 0 aliphatic heterocycles. The number of aliphatic hydroxyl groups excluding tert-OH is 1. The molecule has 0 radical (unpaired) electrons. The van der Waals surface area contributed by atoms with Crippen molar-refractivity contribution in [3.63, 3.8) is 0 Å². The molecule has 8 unspecified atom stereocenters. The van der Waals surface area contributed by atoms with E-state index < -0.39 is 0 Å². The average molecular weight is 451 g/mol. The van der Waals surface area contributed by atoms with Crippen molar-refractivity contribution in [2.45, 2.75) is 124 Å². The molecule has 1 heteroatoms. The third-order valence-electron chi connectivity index (χ3n) is 12.8. The van der Waals surface area contributed by atoms with Crippen LogP contribution in [0, 0.1) is 51.2 Å². The van der Waals surface area contributed by atoms with Crippen LogP contribution in [0.4, 0.5) is 0 Å². The van der Waals surface area contributed by atoms with Gasteiger partial charge in [0, 0.05) is 0 Å². The Hall–Kier alpha value is -0.560. The third kappa shape index (κ3) is 3.19. The maximum atomic E-state index is 11.0. The molecule has 6 aliphatic carbocycles. The van der Waals surface area contributed by atoms with Crippen molar-refractivity contribution < 1.29 is 5.11 Å². The van der Waals surface area contributed by atoms with E-state index in [0.717, 1.165) is 42.4 Å². The molecule has 0 amide bonds. The lowest BCUT2D eigenvalue weighted by molar-refractivity contribution is -0.177. The summed E-state index contributed by atoms with van der Waals surface area (Å²) in [7, 11) is 0. The number of hydrogen-bond acceptors (Lipinski definition) is 1. The van der Waals surface area contributed by atoms with E-state index in [-0.39, 0.29) is 16.9 Å². The molecule has 0 aromatic rings. The molecular weight excluding hydrogens is 400 g/mol. The predicted octanol–water partition coefficient (Wildman–Crippen LogP) is 8.48. The van der Waals surface area contributed by atoms with Crippen molar-refractivity contribution in [2.24, 2.45) is 51.2 Å². The molecule has 1 N–H and O–H groups in total. The van der Waals surface area contributed by atoms with Crippen LogP contribution in [-0.4, -0.2) is 11.2 Å². The first kappa shape index (κ1) is 22.9. The Labute approximate surface area is 203 Å². The summed E-state index contributed by atoms with van der Waals surface area (Å²) >= 11 is 0. The van der Waals surface area contributed by atoms with Crippen LogP contribution in [0.15, 0.2) is 23.3 Å². The topological polar surface area (TPSA) is 20.2 Å². The second kappa shape index (κ2) is 7.47. The molecular formula is C32H50O. The van der Waals surface area contributed by atoms with Crippen LogP contribution in [0.5, 0.6) is 0 Å². The standard InChI is InChI=1S/C32H50O/c1-21-8-7-15-32(18-22-9-6-10-22)17-13-25-24(28(21)32)11-12-27-30(25,4)16-14-26-29(2,3)19-23(33)20-31(26,27)5/h11,18,21,23,25-28,33H,6-10,12-17,19-20H2,1-5H3/t21?,23-,25?,26?,27?,28?,30?,31?,32?/m0/s1. The molecule has 9 atom stereocenters. The van der Waals surface area contributed by atoms with E-state index in [1.165, 1.54) is 70.6 Å². The fourth-order valence-corrected chi connectivity index (χ4v) is 11.6. The lowest BCUT2D eigenvalue weighted by atomic mass is 9.37. The molecule has 0 bridgehead atoms. The van der Waals surface area contributed by atoms with Gasteiger partial charge in [-0.1, -0.05) is 70.8 Å². The maximum absolute atomic E-state index is 11.0. The summed E-state index contributed by atoms with van der Waals surface area (Å²) in [6.07, 6.45) is 23.0. The van der Waals surface area contributed by atoms with E-state index in [2.05, 4.69) is 46.8 Å². The molecule has 0 spiro atoms. The molecule has 33 heavy (non-hydrogen) atoms. The Kier molecular flexibility index (Phi) is 5.18. The van der Waals surface area contributed by atoms with Gasteiger partial charge in [0.05, 0.1) is 6.10 Å². The van der Waals surface area contributed by atoms with E-state index in [1.54, 1.807) is 5.57 Å². The van der Waals surface area contributed by atoms with Crippen LogP contribution in [0.1, 0.15) is 118 Å². The molecule has 6 aliphatic rings. The molecule has 184 valence electrons. The summed E-state index contributed by atoms with van der Waals surface area (Å²) in [4.78, 5) is 0. The van der Waals surface area contributed by atoms with Crippen molar-refractivity contribution in [2.75, 3.05) is 0 Å². The summed E-state index contributed by atoms with van der Waals surface area (Å²) in [6, 6.07) is 0. The van der Waals surface area contributed by atoms with Gasteiger partial charge in [-0.25, -0.2) is 0 Å². The minimum absolute atomic E-state index is 0.111. The number of rotatable bonds is 1. The highest BCUT2D eigenvalue weighted by atomic mass is 16.3. The number of aliphatic hydroxyl groups is 1. The largest absolute Gasteiger partial charge is 0.393 e. The van der Waals surface area contributed by atoms with Crippen molar-refractivity contribution in [1.29, 1.82) is 0 Å². The molecule has 6 rings (SSSR count). The maximum Gasteiger partial charge on any atom is 0.0550 e. The van der Waals surface area contributed by atoms with Crippen molar-refractivity contribution >= 4 is 0 Å². The Bertz CT molecular complexity index is 858. The van der Waals surface area contributed by atoms with Crippen LogP contribution in [0.3, 0.4) is 0 Å². The van der Waals surface area contributed by atoms with Gasteiger partial charge in [0.15, 0.2) is 0 Å². The van der Waals surface area contributed by atoms with Gasteiger partial charge in [-0.15, -0.1) is 0 Å². The second-order valence-corrected chi connectivity index (χ2v) is 15.0. The van der Waals surface area contributed by atoms with Crippen LogP contribution in [0.2, 0.25) is 0 Å². The van der Waals surface area contributed by atoms with E-state index in [0.29, 0.717) is 10.8 Å². The Morgan fingerprint density at radius 3 is 2.39 bits per heavy atom. The molecule has 5 fully saturated rings. The second-order valence-electron chi connectivity index (χ2n) is 15.0. The van der Waals surface area contributed by atoms with Gasteiger partial charge in [-0.3, -0.25) is 0 Å². The fourth-order valence-electron chi connectivity index (χ4n) is 11.6. The summed E-state index contributed by atoms with van der Waals surface area (Å²) in [5.41, 5.74) is 5.15. The lowest BCUT2D eigenvalue weighted by Gasteiger charge is -2.68. The number of fused-ring (bicyclic) bond motifs is 7. The smallest absolute Gasteiger partial charge is 0.0550 e. The summed E-state index contributed by atoms with van der Waals surface area (Å²) in [5.74, 6) is 3.93. The van der Waals surface area contributed by atoms with Gasteiger partial charge in [0.2, 0.25) is 0 Å². The van der Waals surface area contributed by atoms with Gasteiger partial charge in [0.25, 0.3) is 0 Å². The summed E-state index contributed by atoms with van der Waals surface area (Å²) in [5, 5.41) is 11.0. The van der Waals surface area contributed by atoms with Crippen molar-refractivity contribution in [3.8, 4) is 0 Å². The van der Waals surface area contributed by atoms with E-state index in [9.17, 15) is 5.11 Å². The predicted molar refractivity (Wildman–Crippen MR) is 138 cm³/mol. The molecule has 1 nitrogen and oxygen atoms in total. The van der Waals surface area contributed by atoms with E-state index in [1.807, 2.05) is 5.57 Å². The molecule has 0 saturated heterocycles. The van der Waals surface area contributed by atoms with E-state index in [4.69, 9.17) is 0 Å². The molecule has 0 aromatic carbocycles. The Morgan fingerprint density at radius 1 is 0.879 bits per heavy atom. The molecule has 0 heterocycles. The zero-order valence-electron chi connectivity index (χ0n) is 22.3. The van der Waals surface area contributed by atoms with Crippen LogP contribution >= 0.6 is 0 Å². The third-order valence-corrected chi connectivity index (χ3v) is 12.8. The van der Waals surface area contributed by atoms with Crippen LogP contribution in [0.25, 0.3) is 0 Å². The zero-order valence-corrected chi connectivity index (χ0v) is 22.3. The fraction of sp³-hybridized carbons (Fsp3) is 0.875. The van der Waals surface area contributed by atoms with Gasteiger partial charge in [-0.05, 0) is 122 Å². The van der Waals surface area contributed by atoms with Gasteiger partial charge in [0.1, 0.15) is 0 Å². The van der Waals surface area contributed by atoms with Gasteiger partial charge in [-0.2, -0.15) is 0 Å². The normalized spacial score (nSPS) is 52.9. The van der Waals surface area contributed by atoms with Crippen LogP contribution in [-0.2, 0) is 0 Å². The Morgan fingerprint density at radius 2 is 1.67 bits per heavy atom. The van der Waals surface area contributed by atoms with Gasteiger partial charge >= 0.3 is 0 Å². The lowest BCUT2D eigenvalue weighted by Crippen LogP contribution is -2.61. The zero-order chi connectivity index (χ0) is 23.2. The summed E-state index contributed by atoms with van der Waals surface area (Å²) < 4.78 is 0. The Balaban J connectivity index is 1.39. The quantitative estimate of drug-likeness (QED) is 0.397. The SMILES string of the molecule is CC1CCCC2(C=C3CCC3)CCC3C(=CCC4C3(C)CCC3C(C)(C)C[C@H](O)CC34C)C12. The van der Waals surface area contributed by atoms with Gasteiger partial charge < -0.3 is 5.11 Å². The molecule has 5 saturated carbocycles. The first-order valence-corrected chi connectivity index (χ1v) is 14.7. The highest BCUT2D eigenvalue weighted by Crippen LogP contribution is 2.72. The molecule has 0 aromatic heterocycles. The van der Waals surface area contributed by atoms with Crippen molar-refractivity contribution in [3.05, 3.63) is 23.3 Å². The van der Waals surface area contributed by atoms with Crippen LogP contribution < -0.4 is 0 Å². The van der Waals surface area contributed by atoms with E-state index >= 15 is 0 Å². The minimum atomic E-state index is -0.111. The first-order valence-electron chi connectivity index (χ1n) is 14.7. The number of hydrogen-bond donors (Lipinski definition) is 1. The minimum Gasteiger partial charge on any atom is -0.393 e. The number of allylic oxidation sites excluding steroid dienone is 4. The summed E-state index contributed by atoms with van der Waals surface area (Å²) in [6.45, 7) is 12.8. The average Bonchev–Trinajstić information content (AvgIpc) is 2.69. The monoisotopic (exact) mass is 450 g/mol. The van der Waals surface area contributed by atoms with Crippen molar-refractivity contribution in [1.82, 2.24) is 0 Å². The highest BCUT2D eigenvalue weighted by Gasteiger charge is 2.64.